The van der Waals surface area contributed by atoms with Gasteiger partial charge in [0, 0.05) is 18.0 Å². The van der Waals surface area contributed by atoms with Gasteiger partial charge in [0.1, 0.15) is 11.6 Å². The van der Waals surface area contributed by atoms with Crippen molar-refractivity contribution in [2.45, 2.75) is 32.1 Å². The molecule has 3 N–H and O–H groups in total. The summed E-state index contributed by atoms with van der Waals surface area (Å²) in [6.07, 6.45) is 3.42. The summed E-state index contributed by atoms with van der Waals surface area (Å²) in [6.45, 7) is 0.571. The summed E-state index contributed by atoms with van der Waals surface area (Å²) in [5, 5.41) is 2.88. The molecule has 5 nitrogen and oxygen atoms in total. The van der Waals surface area contributed by atoms with Crippen molar-refractivity contribution in [3.8, 4) is 5.75 Å². The third-order valence-corrected chi connectivity index (χ3v) is 4.43. The third-order valence-electron chi connectivity index (χ3n) is 4.43. The summed E-state index contributed by atoms with van der Waals surface area (Å²) in [5.74, 6) is 0.0564. The van der Waals surface area contributed by atoms with Gasteiger partial charge in [0.05, 0.1) is 13.5 Å². The predicted molar refractivity (Wildman–Crippen MR) is 84.3 cm³/mol. The van der Waals surface area contributed by atoms with Crippen LogP contribution in [0.3, 0.4) is 0 Å². The van der Waals surface area contributed by atoms with E-state index in [-0.39, 0.29) is 24.2 Å². The minimum absolute atomic E-state index is 0.0292. The number of ether oxygens (including phenoxy) is 1. The Morgan fingerprint density at radius 3 is 2.61 bits per heavy atom. The summed E-state index contributed by atoms with van der Waals surface area (Å²) in [7, 11) is 1.49. The number of hydrogen-bond donors (Lipinski definition) is 2. The lowest BCUT2D eigenvalue weighted by molar-refractivity contribution is -0.123. The summed E-state index contributed by atoms with van der Waals surface area (Å²) < 4.78 is 18.4. The van der Waals surface area contributed by atoms with Crippen molar-refractivity contribution in [1.82, 2.24) is 5.32 Å². The predicted octanol–water partition coefficient (Wildman–Crippen LogP) is 1.78. The fraction of sp³-hybridized carbons (Fsp3) is 0.529. The first-order valence-corrected chi connectivity index (χ1v) is 7.88. The van der Waals surface area contributed by atoms with Gasteiger partial charge in [0.2, 0.25) is 11.8 Å². The van der Waals surface area contributed by atoms with Crippen LogP contribution < -0.4 is 15.8 Å². The zero-order valence-electron chi connectivity index (χ0n) is 13.3. The molecule has 126 valence electrons. The van der Waals surface area contributed by atoms with Crippen LogP contribution in [0.2, 0.25) is 0 Å². The second kappa shape index (κ2) is 7.94. The lowest BCUT2D eigenvalue weighted by atomic mass is 9.81. The van der Waals surface area contributed by atoms with E-state index in [2.05, 4.69) is 5.32 Å². The highest BCUT2D eigenvalue weighted by Crippen LogP contribution is 2.28. The fourth-order valence-corrected chi connectivity index (χ4v) is 3.03. The van der Waals surface area contributed by atoms with Gasteiger partial charge in [-0.1, -0.05) is 0 Å². The van der Waals surface area contributed by atoms with Gasteiger partial charge in [-0.05, 0) is 49.8 Å². The number of rotatable bonds is 6. The van der Waals surface area contributed by atoms with Crippen LogP contribution in [0.5, 0.6) is 5.75 Å². The Morgan fingerprint density at radius 1 is 1.30 bits per heavy atom. The molecule has 1 aromatic carbocycles. The van der Waals surface area contributed by atoms with E-state index < -0.39 is 5.82 Å². The van der Waals surface area contributed by atoms with Crippen LogP contribution in [0.4, 0.5) is 4.39 Å². The molecule has 0 atom stereocenters. The Kier molecular flexibility index (Phi) is 5.96. The Bertz CT molecular complexity index is 569. The first kappa shape index (κ1) is 17.2. The van der Waals surface area contributed by atoms with Gasteiger partial charge >= 0.3 is 0 Å². The molecule has 1 fully saturated rings. The Hall–Kier alpha value is -2.11. The van der Waals surface area contributed by atoms with Crippen molar-refractivity contribution in [2.24, 2.45) is 17.6 Å². The van der Waals surface area contributed by atoms with E-state index in [1.807, 2.05) is 0 Å². The molecule has 1 aromatic rings. The van der Waals surface area contributed by atoms with Crippen LogP contribution in [-0.4, -0.2) is 25.5 Å². The van der Waals surface area contributed by atoms with Crippen LogP contribution in [-0.2, 0) is 16.0 Å². The maximum Gasteiger partial charge on any atom is 0.224 e. The highest BCUT2D eigenvalue weighted by atomic mass is 19.1. The first-order chi connectivity index (χ1) is 11.0. The van der Waals surface area contributed by atoms with Gasteiger partial charge in [-0.15, -0.1) is 0 Å². The van der Waals surface area contributed by atoms with Crippen molar-refractivity contribution in [3.05, 3.63) is 29.6 Å². The molecule has 1 aliphatic carbocycles. The van der Waals surface area contributed by atoms with Crippen LogP contribution in [0.15, 0.2) is 18.2 Å². The molecule has 2 rings (SSSR count). The average molecular weight is 322 g/mol. The second-order valence-corrected chi connectivity index (χ2v) is 6.06. The van der Waals surface area contributed by atoms with Crippen LogP contribution >= 0.6 is 0 Å². The number of hydrogen-bond acceptors (Lipinski definition) is 3. The van der Waals surface area contributed by atoms with E-state index in [0.29, 0.717) is 23.8 Å². The van der Waals surface area contributed by atoms with Crippen molar-refractivity contribution < 1.29 is 18.7 Å². The lowest BCUT2D eigenvalue weighted by Gasteiger charge is -2.26. The van der Waals surface area contributed by atoms with Crippen LogP contribution in [0.25, 0.3) is 0 Å². The van der Waals surface area contributed by atoms with Crippen molar-refractivity contribution in [1.29, 1.82) is 0 Å². The second-order valence-electron chi connectivity index (χ2n) is 6.06. The van der Waals surface area contributed by atoms with Crippen LogP contribution in [0.1, 0.15) is 31.2 Å². The van der Waals surface area contributed by atoms with Gasteiger partial charge in [0.15, 0.2) is 0 Å². The zero-order valence-corrected chi connectivity index (χ0v) is 13.3. The van der Waals surface area contributed by atoms with Gasteiger partial charge < -0.3 is 15.8 Å². The molecule has 0 radical (unpaired) electrons. The monoisotopic (exact) mass is 322 g/mol. The lowest BCUT2D eigenvalue weighted by Crippen LogP contribution is -2.34. The highest BCUT2D eigenvalue weighted by molar-refractivity contribution is 5.79. The molecule has 2 amide bonds. The van der Waals surface area contributed by atoms with E-state index in [9.17, 15) is 14.0 Å². The highest BCUT2D eigenvalue weighted by Gasteiger charge is 2.24. The standard InChI is InChI=1S/C17H23FN2O3/c1-23-15-7-6-14(18)8-13(15)9-16(21)20-10-11-2-4-12(5-3-11)17(19)22/h6-8,11-12H,2-5,9-10H2,1H3,(H2,19,22)(H,20,21). The largest absolute Gasteiger partial charge is 0.496 e. The smallest absolute Gasteiger partial charge is 0.224 e. The molecule has 0 unspecified atom stereocenters. The minimum Gasteiger partial charge on any atom is -0.496 e. The molecule has 6 heteroatoms. The van der Waals surface area contributed by atoms with Gasteiger partial charge in [0.25, 0.3) is 0 Å². The summed E-state index contributed by atoms with van der Waals surface area (Å²) in [4.78, 5) is 23.2. The molecular weight excluding hydrogens is 299 g/mol. The number of amides is 2. The van der Waals surface area contributed by atoms with Gasteiger partial charge in [-0.2, -0.15) is 0 Å². The number of methoxy groups -OCH3 is 1. The number of nitrogens with two attached hydrogens (primary N) is 1. The van der Waals surface area contributed by atoms with Crippen molar-refractivity contribution >= 4 is 11.8 Å². The van der Waals surface area contributed by atoms with E-state index in [1.54, 1.807) is 0 Å². The number of carbonyl (C=O) groups is 2. The maximum atomic E-state index is 13.3. The van der Waals surface area contributed by atoms with E-state index in [0.717, 1.165) is 25.7 Å². The maximum absolute atomic E-state index is 13.3. The molecule has 0 aromatic heterocycles. The third kappa shape index (κ3) is 4.94. The number of nitrogens with one attached hydrogen (secondary N) is 1. The molecular formula is C17H23FN2O3. The van der Waals surface area contributed by atoms with Crippen LogP contribution in [0, 0.1) is 17.7 Å². The fourth-order valence-electron chi connectivity index (χ4n) is 3.03. The number of carbonyl (C=O) groups excluding carboxylic acids is 2. The summed E-state index contributed by atoms with van der Waals surface area (Å²) in [6, 6.07) is 4.14. The molecule has 1 aliphatic rings. The molecule has 0 bridgehead atoms. The van der Waals surface area contributed by atoms with Crippen molar-refractivity contribution in [3.63, 3.8) is 0 Å². The van der Waals surface area contributed by atoms with E-state index >= 15 is 0 Å². The molecule has 0 heterocycles. The first-order valence-electron chi connectivity index (χ1n) is 7.88. The number of halogens is 1. The minimum atomic E-state index is -0.390. The Labute approximate surface area is 135 Å². The molecule has 0 saturated heterocycles. The molecule has 0 aliphatic heterocycles. The topological polar surface area (TPSA) is 81.4 Å². The van der Waals surface area contributed by atoms with Crippen molar-refractivity contribution in [2.75, 3.05) is 13.7 Å². The number of benzene rings is 1. The van der Waals surface area contributed by atoms with Gasteiger partial charge in [-0.25, -0.2) is 4.39 Å². The summed E-state index contributed by atoms with van der Waals surface area (Å²) in [5.41, 5.74) is 5.84. The SMILES string of the molecule is COc1ccc(F)cc1CC(=O)NCC1CCC(C(N)=O)CC1. The Balaban J connectivity index is 1.80. The Morgan fingerprint density at radius 2 is 2.00 bits per heavy atom. The van der Waals surface area contributed by atoms with E-state index in [4.69, 9.17) is 10.5 Å². The molecule has 0 spiro atoms. The zero-order chi connectivity index (χ0) is 16.8. The van der Waals surface area contributed by atoms with Gasteiger partial charge in [-0.3, -0.25) is 9.59 Å². The normalized spacial score (nSPS) is 20.8. The quantitative estimate of drug-likeness (QED) is 0.838. The summed E-state index contributed by atoms with van der Waals surface area (Å²) >= 11 is 0. The molecule has 23 heavy (non-hydrogen) atoms. The number of primary amides is 1. The average Bonchev–Trinajstić information content (AvgIpc) is 2.53. The van der Waals surface area contributed by atoms with E-state index in [1.165, 1.54) is 25.3 Å². The molecule has 1 saturated carbocycles.